The van der Waals surface area contributed by atoms with Gasteiger partial charge in [-0.05, 0) is 24.3 Å². The summed E-state index contributed by atoms with van der Waals surface area (Å²) >= 11 is 0. The summed E-state index contributed by atoms with van der Waals surface area (Å²) in [6, 6.07) is 1.89. The summed E-state index contributed by atoms with van der Waals surface area (Å²) in [5, 5.41) is 0. The Morgan fingerprint density at radius 3 is 2.70 bits per heavy atom. The van der Waals surface area contributed by atoms with Gasteiger partial charge in [-0.3, -0.25) is 0 Å². The number of epoxide rings is 1. The summed E-state index contributed by atoms with van der Waals surface area (Å²) in [6.45, 7) is 6.64. The molecule has 1 aromatic heterocycles. The summed E-state index contributed by atoms with van der Waals surface area (Å²) in [7, 11) is 0. The van der Waals surface area contributed by atoms with Crippen molar-refractivity contribution in [1.29, 1.82) is 0 Å². The van der Waals surface area contributed by atoms with Crippen LogP contribution in [-0.4, -0.2) is 17.7 Å². The Bertz CT molecular complexity index is 561. The number of cyclic esters (lactones) is 1. The average molecular weight is 276 g/mol. The molecule has 0 unspecified atom stereocenters. The molecule has 108 valence electrons. The van der Waals surface area contributed by atoms with Gasteiger partial charge in [0, 0.05) is 11.0 Å². The van der Waals surface area contributed by atoms with Crippen LogP contribution < -0.4 is 0 Å². The van der Waals surface area contributed by atoms with Crippen molar-refractivity contribution in [3.63, 3.8) is 0 Å². The van der Waals surface area contributed by atoms with Gasteiger partial charge in [-0.1, -0.05) is 27.2 Å². The van der Waals surface area contributed by atoms with Crippen LogP contribution in [0.25, 0.3) is 0 Å². The highest BCUT2D eigenvalue weighted by atomic mass is 16.7. The van der Waals surface area contributed by atoms with Gasteiger partial charge in [0.05, 0.1) is 12.5 Å². The molecule has 0 radical (unpaired) electrons. The second kappa shape index (κ2) is 3.48. The van der Waals surface area contributed by atoms with Gasteiger partial charge >= 0.3 is 5.97 Å². The van der Waals surface area contributed by atoms with Gasteiger partial charge in [0.2, 0.25) is 0 Å². The highest BCUT2D eigenvalue weighted by molar-refractivity contribution is 5.82. The van der Waals surface area contributed by atoms with Crippen molar-refractivity contribution in [2.75, 3.05) is 0 Å². The molecule has 2 saturated heterocycles. The van der Waals surface area contributed by atoms with Crippen LogP contribution in [0.3, 0.4) is 0 Å². The molecule has 4 rings (SSSR count). The lowest BCUT2D eigenvalue weighted by atomic mass is 9.51. The maximum absolute atomic E-state index is 12.2. The fourth-order valence-electron chi connectivity index (χ4n) is 4.85. The molecule has 4 nitrogen and oxygen atoms in total. The zero-order valence-corrected chi connectivity index (χ0v) is 12.1. The molecule has 0 bridgehead atoms. The van der Waals surface area contributed by atoms with Crippen molar-refractivity contribution < 1.29 is 18.7 Å². The van der Waals surface area contributed by atoms with E-state index in [4.69, 9.17) is 13.9 Å². The van der Waals surface area contributed by atoms with E-state index in [-0.39, 0.29) is 34.6 Å². The standard InChI is InChI=1S/C16H20O4/c1-14(2)6-4-7-15(3)11(10-5-8-18-9-10)19-13(17)12-16(14,15)20-12/h5,8-9,11-12H,4,6-7H2,1-3H3/t11-,12-,15+,16+/m1/s1. The molecule has 3 heterocycles. The topological polar surface area (TPSA) is 52.0 Å². The van der Waals surface area contributed by atoms with E-state index in [0.29, 0.717) is 0 Å². The molecule has 3 fully saturated rings. The second-order valence-corrected chi connectivity index (χ2v) is 7.26. The van der Waals surface area contributed by atoms with Gasteiger partial charge in [-0.25, -0.2) is 4.79 Å². The predicted octanol–water partition coefficient (Wildman–Crippen LogP) is 3.23. The van der Waals surface area contributed by atoms with E-state index >= 15 is 0 Å². The predicted molar refractivity (Wildman–Crippen MR) is 70.9 cm³/mol. The van der Waals surface area contributed by atoms with E-state index in [0.717, 1.165) is 24.8 Å². The average Bonchev–Trinajstić information content (AvgIpc) is 2.96. The summed E-state index contributed by atoms with van der Waals surface area (Å²) < 4.78 is 16.9. The lowest BCUT2D eigenvalue weighted by Gasteiger charge is -2.53. The van der Waals surface area contributed by atoms with E-state index in [2.05, 4.69) is 20.8 Å². The molecule has 0 N–H and O–H groups in total. The molecule has 1 saturated carbocycles. The summed E-state index contributed by atoms with van der Waals surface area (Å²) in [5.41, 5.74) is 0.366. The van der Waals surface area contributed by atoms with E-state index in [1.54, 1.807) is 12.5 Å². The van der Waals surface area contributed by atoms with Gasteiger partial charge < -0.3 is 13.9 Å². The third kappa shape index (κ3) is 1.20. The first-order valence-electron chi connectivity index (χ1n) is 7.33. The van der Waals surface area contributed by atoms with Crippen LogP contribution in [0, 0.1) is 10.8 Å². The van der Waals surface area contributed by atoms with Gasteiger partial charge in [0.25, 0.3) is 0 Å². The quantitative estimate of drug-likeness (QED) is 0.583. The van der Waals surface area contributed by atoms with Crippen LogP contribution in [0.4, 0.5) is 0 Å². The van der Waals surface area contributed by atoms with Crippen LogP contribution in [-0.2, 0) is 14.3 Å². The minimum atomic E-state index is -0.383. The fraction of sp³-hybridized carbons (Fsp3) is 0.688. The molecule has 1 aromatic rings. The lowest BCUT2D eigenvalue weighted by Crippen LogP contribution is -2.59. The Morgan fingerprint density at radius 1 is 1.20 bits per heavy atom. The van der Waals surface area contributed by atoms with E-state index in [1.807, 2.05) is 6.07 Å². The number of furan rings is 1. The number of carbonyl (C=O) groups excluding carboxylic acids is 1. The first kappa shape index (κ1) is 12.5. The maximum atomic E-state index is 12.2. The highest BCUT2D eigenvalue weighted by Crippen LogP contribution is 2.72. The molecule has 1 spiro atoms. The Hall–Kier alpha value is -1.29. The van der Waals surface area contributed by atoms with Crippen molar-refractivity contribution in [2.45, 2.75) is 57.8 Å². The Kier molecular flexibility index (Phi) is 2.16. The summed E-state index contributed by atoms with van der Waals surface area (Å²) in [6.07, 6.45) is 5.89. The summed E-state index contributed by atoms with van der Waals surface area (Å²) in [5.74, 6) is -0.219. The number of rotatable bonds is 1. The molecule has 4 heteroatoms. The van der Waals surface area contributed by atoms with E-state index in [9.17, 15) is 4.79 Å². The number of ether oxygens (including phenoxy) is 2. The normalized spacial score (nSPS) is 45.2. The van der Waals surface area contributed by atoms with E-state index in [1.165, 1.54) is 0 Å². The Morgan fingerprint density at radius 2 is 2.00 bits per heavy atom. The van der Waals surface area contributed by atoms with Crippen molar-refractivity contribution in [2.24, 2.45) is 10.8 Å². The van der Waals surface area contributed by atoms with Crippen LogP contribution in [0.2, 0.25) is 0 Å². The van der Waals surface area contributed by atoms with Gasteiger partial charge in [-0.2, -0.15) is 0 Å². The SMILES string of the molecule is CC1(C)CCC[C@@]2(C)[C@@H](c3ccoc3)OC(=O)[C@H]3O[C@@]312. The van der Waals surface area contributed by atoms with Gasteiger partial charge in [0.15, 0.2) is 6.10 Å². The zero-order valence-electron chi connectivity index (χ0n) is 12.1. The smallest absolute Gasteiger partial charge is 0.339 e. The molecule has 1 aliphatic carbocycles. The molecular formula is C16H20O4. The van der Waals surface area contributed by atoms with Crippen molar-refractivity contribution >= 4 is 5.97 Å². The number of hydrogen-bond acceptors (Lipinski definition) is 4. The molecule has 2 aliphatic heterocycles. The monoisotopic (exact) mass is 276 g/mol. The fourth-order valence-corrected chi connectivity index (χ4v) is 4.85. The van der Waals surface area contributed by atoms with Gasteiger partial charge in [0.1, 0.15) is 11.7 Å². The zero-order chi connectivity index (χ0) is 14.2. The third-order valence-electron chi connectivity index (χ3n) is 5.84. The first-order valence-corrected chi connectivity index (χ1v) is 7.33. The first-order chi connectivity index (χ1) is 9.42. The van der Waals surface area contributed by atoms with Crippen LogP contribution in [0.5, 0.6) is 0 Å². The third-order valence-corrected chi connectivity index (χ3v) is 5.84. The minimum Gasteiger partial charge on any atom is -0.472 e. The number of carbonyl (C=O) groups is 1. The largest absolute Gasteiger partial charge is 0.472 e. The second-order valence-electron chi connectivity index (χ2n) is 7.26. The number of esters is 1. The maximum Gasteiger partial charge on any atom is 0.339 e. The molecule has 20 heavy (non-hydrogen) atoms. The van der Waals surface area contributed by atoms with Crippen molar-refractivity contribution in [3.8, 4) is 0 Å². The highest BCUT2D eigenvalue weighted by Gasteiger charge is 2.82. The molecule has 0 aromatic carbocycles. The molecular weight excluding hydrogens is 256 g/mol. The lowest BCUT2D eigenvalue weighted by molar-refractivity contribution is -0.179. The van der Waals surface area contributed by atoms with Crippen LogP contribution in [0.15, 0.2) is 23.0 Å². The van der Waals surface area contributed by atoms with Crippen molar-refractivity contribution in [1.82, 2.24) is 0 Å². The van der Waals surface area contributed by atoms with E-state index < -0.39 is 0 Å². The Labute approximate surface area is 118 Å². The number of hydrogen-bond donors (Lipinski definition) is 0. The molecule has 0 amide bonds. The minimum absolute atomic E-state index is 0.00784. The summed E-state index contributed by atoms with van der Waals surface area (Å²) in [4.78, 5) is 12.2. The Balaban J connectivity index is 1.86. The van der Waals surface area contributed by atoms with Crippen molar-refractivity contribution in [3.05, 3.63) is 24.2 Å². The van der Waals surface area contributed by atoms with Crippen LogP contribution in [0.1, 0.15) is 51.7 Å². The van der Waals surface area contributed by atoms with Gasteiger partial charge in [-0.15, -0.1) is 0 Å². The molecule has 3 aliphatic rings. The molecule has 4 atom stereocenters. The van der Waals surface area contributed by atoms with Crippen LogP contribution >= 0.6 is 0 Å².